The lowest BCUT2D eigenvalue weighted by Gasteiger charge is -2.23. The molecule has 27 heavy (non-hydrogen) atoms. The average Bonchev–Trinajstić information content (AvgIpc) is 2.96. The Balaban J connectivity index is 1.91. The van der Waals surface area contributed by atoms with Crippen molar-refractivity contribution >= 4 is 28.5 Å². The first-order chi connectivity index (χ1) is 13.0. The number of H-pyrrole nitrogens is 1. The smallest absolute Gasteiger partial charge is 0.198 e. The molecule has 0 aliphatic carbocycles. The van der Waals surface area contributed by atoms with Crippen LogP contribution in [0.4, 0.5) is 20.2 Å². The molecule has 142 valence electrons. The predicted molar refractivity (Wildman–Crippen MR) is 103 cm³/mol. The first-order valence-corrected chi connectivity index (χ1v) is 8.61. The molecule has 0 aliphatic rings. The number of nitrogens with one attached hydrogen (secondary N) is 1. The average molecular weight is 373 g/mol. The maximum Gasteiger partial charge on any atom is 0.198 e. The molecule has 0 spiro atoms. The molecular weight excluding hydrogens is 352 g/mol. The van der Waals surface area contributed by atoms with Crippen LogP contribution < -0.4 is 4.90 Å². The molecule has 0 amide bonds. The molecule has 3 rings (SSSR count). The van der Waals surface area contributed by atoms with Gasteiger partial charge in [-0.1, -0.05) is 13.0 Å². The maximum absolute atomic E-state index is 14.5. The zero-order chi connectivity index (χ0) is 19.4. The van der Waals surface area contributed by atoms with E-state index < -0.39 is 11.6 Å². The number of halogens is 2. The third-order valence-corrected chi connectivity index (χ3v) is 4.18. The summed E-state index contributed by atoms with van der Waals surface area (Å²) in [6.07, 6.45) is 2.18. The van der Waals surface area contributed by atoms with Gasteiger partial charge < -0.3 is 19.7 Å². The second-order valence-electron chi connectivity index (χ2n) is 6.12. The number of nitrogens with zero attached hydrogens (tertiary/aromatic N) is 2. The number of benzene rings is 2. The fourth-order valence-corrected chi connectivity index (χ4v) is 2.99. The highest BCUT2D eigenvalue weighted by molar-refractivity contribution is 6.02. The van der Waals surface area contributed by atoms with E-state index >= 15 is 0 Å². The zero-order valence-corrected chi connectivity index (χ0v) is 15.2. The first-order valence-electron chi connectivity index (χ1n) is 8.61. The highest BCUT2D eigenvalue weighted by Gasteiger charge is 2.14. The number of methoxy groups -OCH3 is 1. The summed E-state index contributed by atoms with van der Waals surface area (Å²) in [4.78, 5) is 8.69. The van der Waals surface area contributed by atoms with Crippen molar-refractivity contribution in [1.29, 1.82) is 0 Å². The third kappa shape index (κ3) is 3.93. The van der Waals surface area contributed by atoms with Crippen molar-refractivity contribution in [3.8, 4) is 5.88 Å². The summed E-state index contributed by atoms with van der Waals surface area (Å²) in [5.74, 6) is -1.09. The molecule has 0 unspecified atom stereocenters. The van der Waals surface area contributed by atoms with Gasteiger partial charge in [-0.15, -0.1) is 0 Å². The Morgan fingerprint density at radius 3 is 2.74 bits per heavy atom. The zero-order valence-electron chi connectivity index (χ0n) is 15.2. The normalized spacial score (nSPS) is 11.6. The fourth-order valence-electron chi connectivity index (χ4n) is 2.99. The fraction of sp³-hybridized carbons (Fsp3) is 0.250. The van der Waals surface area contributed by atoms with Crippen LogP contribution in [0.2, 0.25) is 0 Å². The van der Waals surface area contributed by atoms with Crippen LogP contribution in [0, 0.1) is 11.6 Å². The highest BCUT2D eigenvalue weighted by atomic mass is 19.1. The predicted octanol–water partition coefficient (Wildman–Crippen LogP) is 4.72. The van der Waals surface area contributed by atoms with E-state index in [2.05, 4.69) is 9.98 Å². The summed E-state index contributed by atoms with van der Waals surface area (Å²) in [7, 11) is 1.56. The number of fused-ring (bicyclic) bond motifs is 1. The van der Waals surface area contributed by atoms with Gasteiger partial charge in [0.25, 0.3) is 0 Å². The van der Waals surface area contributed by atoms with Crippen LogP contribution in [-0.2, 0) is 4.74 Å². The van der Waals surface area contributed by atoms with Gasteiger partial charge in [-0.25, -0.2) is 8.78 Å². The van der Waals surface area contributed by atoms with Gasteiger partial charge in [-0.05, 0) is 30.7 Å². The van der Waals surface area contributed by atoms with Crippen molar-refractivity contribution in [2.24, 2.45) is 4.99 Å². The van der Waals surface area contributed by atoms with E-state index in [1.54, 1.807) is 36.3 Å². The molecule has 2 aromatic carbocycles. The molecule has 0 fully saturated rings. The van der Waals surface area contributed by atoms with Gasteiger partial charge in [0.2, 0.25) is 0 Å². The standard InChI is InChI=1S/C20H21F2N3O2/c1-3-9-25(12-27-2)18-8-7-13(10-16(18)22)23-11-14-19-15(21)5-4-6-17(19)24-20(14)26/h4-8,10-11,24,26H,3,9,12H2,1-2H3. The number of aromatic hydroxyl groups is 1. The first kappa shape index (κ1) is 18.8. The van der Waals surface area contributed by atoms with Crippen LogP contribution >= 0.6 is 0 Å². The Hall–Kier alpha value is -2.93. The number of aromatic nitrogens is 1. The molecule has 0 saturated carbocycles. The van der Waals surface area contributed by atoms with Gasteiger partial charge in [0.1, 0.15) is 18.4 Å². The Bertz CT molecular complexity index is 963. The summed E-state index contributed by atoms with van der Waals surface area (Å²) < 4.78 is 33.7. The summed E-state index contributed by atoms with van der Waals surface area (Å²) in [6.45, 7) is 2.96. The van der Waals surface area contributed by atoms with Crippen LogP contribution in [0.1, 0.15) is 18.9 Å². The van der Waals surface area contributed by atoms with Crippen molar-refractivity contribution < 1.29 is 18.6 Å². The van der Waals surface area contributed by atoms with Crippen LogP contribution in [-0.4, -0.2) is 36.7 Å². The van der Waals surface area contributed by atoms with Gasteiger partial charge in [0.05, 0.1) is 22.5 Å². The number of rotatable bonds is 7. The van der Waals surface area contributed by atoms with Crippen LogP contribution in [0.3, 0.4) is 0 Å². The van der Waals surface area contributed by atoms with E-state index in [9.17, 15) is 13.9 Å². The number of aromatic amines is 1. The van der Waals surface area contributed by atoms with Crippen molar-refractivity contribution in [2.75, 3.05) is 25.3 Å². The number of anilines is 1. The third-order valence-electron chi connectivity index (χ3n) is 4.18. The van der Waals surface area contributed by atoms with E-state index in [0.29, 0.717) is 23.4 Å². The Kier molecular flexibility index (Phi) is 5.71. The monoisotopic (exact) mass is 373 g/mol. The summed E-state index contributed by atoms with van der Waals surface area (Å²) in [6, 6.07) is 9.10. The van der Waals surface area contributed by atoms with E-state index in [0.717, 1.165) is 6.42 Å². The van der Waals surface area contributed by atoms with E-state index in [1.807, 2.05) is 6.92 Å². The number of hydrogen-bond acceptors (Lipinski definition) is 4. The second kappa shape index (κ2) is 8.18. The largest absolute Gasteiger partial charge is 0.494 e. The van der Waals surface area contributed by atoms with Gasteiger partial charge in [0.15, 0.2) is 5.88 Å². The lowest BCUT2D eigenvalue weighted by Crippen LogP contribution is -2.27. The number of ether oxygens (including phenoxy) is 1. The molecular formula is C20H21F2N3O2. The Morgan fingerprint density at radius 2 is 2.04 bits per heavy atom. The topological polar surface area (TPSA) is 60.9 Å². The molecule has 3 aromatic rings. The molecule has 1 heterocycles. The second-order valence-corrected chi connectivity index (χ2v) is 6.12. The molecule has 0 bridgehead atoms. The van der Waals surface area contributed by atoms with Crippen LogP contribution in [0.25, 0.3) is 10.9 Å². The summed E-state index contributed by atoms with van der Waals surface area (Å²) in [5.41, 5.74) is 1.47. The van der Waals surface area contributed by atoms with Crippen molar-refractivity contribution in [3.05, 3.63) is 53.6 Å². The lowest BCUT2D eigenvalue weighted by molar-refractivity contribution is 0.196. The van der Waals surface area contributed by atoms with E-state index in [1.165, 1.54) is 18.3 Å². The Labute approximate surface area is 155 Å². The molecule has 1 aromatic heterocycles. The molecule has 0 saturated heterocycles. The van der Waals surface area contributed by atoms with Crippen molar-refractivity contribution in [2.45, 2.75) is 13.3 Å². The summed E-state index contributed by atoms with van der Waals surface area (Å²) in [5, 5.41) is 10.3. The molecule has 0 aliphatic heterocycles. The molecule has 5 nitrogen and oxygen atoms in total. The Morgan fingerprint density at radius 1 is 1.22 bits per heavy atom. The molecule has 0 atom stereocenters. The number of aliphatic imine (C=N–C) groups is 1. The summed E-state index contributed by atoms with van der Waals surface area (Å²) >= 11 is 0. The molecule has 2 N–H and O–H groups in total. The van der Waals surface area contributed by atoms with Crippen LogP contribution in [0.15, 0.2) is 41.4 Å². The van der Waals surface area contributed by atoms with E-state index in [4.69, 9.17) is 4.74 Å². The van der Waals surface area contributed by atoms with E-state index in [-0.39, 0.29) is 23.6 Å². The molecule has 0 radical (unpaired) electrons. The van der Waals surface area contributed by atoms with Gasteiger partial charge in [0, 0.05) is 31.3 Å². The minimum atomic E-state index is -0.471. The van der Waals surface area contributed by atoms with Gasteiger partial charge in [-0.2, -0.15) is 0 Å². The number of hydrogen-bond donors (Lipinski definition) is 2. The van der Waals surface area contributed by atoms with Crippen molar-refractivity contribution in [3.63, 3.8) is 0 Å². The van der Waals surface area contributed by atoms with Gasteiger partial charge in [-0.3, -0.25) is 4.99 Å². The minimum Gasteiger partial charge on any atom is -0.494 e. The SMILES string of the molecule is CCCN(COC)c1ccc(N=Cc2c(O)[nH]c3cccc(F)c23)cc1F. The van der Waals surface area contributed by atoms with Gasteiger partial charge >= 0.3 is 0 Å². The molecule has 7 heteroatoms. The quantitative estimate of drug-likeness (QED) is 0.465. The van der Waals surface area contributed by atoms with Crippen molar-refractivity contribution in [1.82, 2.24) is 4.98 Å². The minimum absolute atomic E-state index is 0.190. The lowest BCUT2D eigenvalue weighted by atomic mass is 10.1. The highest BCUT2D eigenvalue weighted by Crippen LogP contribution is 2.29. The van der Waals surface area contributed by atoms with Crippen LogP contribution in [0.5, 0.6) is 5.88 Å². The maximum atomic E-state index is 14.5.